The maximum atomic E-state index is 13.6. The number of nitrogens with zero attached hydrogens (tertiary/aromatic N) is 1. The second-order valence-electron chi connectivity index (χ2n) is 5.62. The summed E-state index contributed by atoms with van der Waals surface area (Å²) in [5, 5.41) is 3.29. The Morgan fingerprint density at radius 1 is 1.12 bits per heavy atom. The lowest BCUT2D eigenvalue weighted by Crippen LogP contribution is -2.38. The van der Waals surface area contributed by atoms with Gasteiger partial charge < -0.3 is 10.2 Å². The second-order valence-corrected chi connectivity index (χ2v) is 6.06. The molecule has 0 saturated heterocycles. The van der Waals surface area contributed by atoms with Gasteiger partial charge in [-0.1, -0.05) is 35.9 Å². The molecule has 2 rings (SSSR count). The first-order valence-corrected chi connectivity index (χ1v) is 8.38. The summed E-state index contributed by atoms with van der Waals surface area (Å²) in [6.45, 7) is 2.61. The summed E-state index contributed by atoms with van der Waals surface area (Å²) in [5.41, 5.74) is 1.03. The Morgan fingerprint density at radius 2 is 1.88 bits per heavy atom. The lowest BCUT2D eigenvalue weighted by molar-refractivity contribution is -0.128. The molecular formula is C19H20ClFN2O2. The van der Waals surface area contributed by atoms with Crippen LogP contribution in [0.25, 0.3) is 0 Å². The monoisotopic (exact) mass is 362 g/mol. The van der Waals surface area contributed by atoms with Gasteiger partial charge in [-0.3, -0.25) is 9.59 Å². The molecule has 0 aliphatic carbocycles. The summed E-state index contributed by atoms with van der Waals surface area (Å²) in [7, 11) is 0. The van der Waals surface area contributed by atoms with E-state index < -0.39 is 11.7 Å². The van der Waals surface area contributed by atoms with Crippen molar-refractivity contribution in [1.82, 2.24) is 10.2 Å². The highest BCUT2D eigenvalue weighted by molar-refractivity contribution is 6.30. The first kappa shape index (κ1) is 18.9. The van der Waals surface area contributed by atoms with Crippen molar-refractivity contribution in [3.05, 3.63) is 70.5 Å². The Kier molecular flexibility index (Phi) is 6.95. The predicted octanol–water partition coefficient (Wildman–Crippen LogP) is 3.30. The van der Waals surface area contributed by atoms with Crippen LogP contribution in [0.2, 0.25) is 5.02 Å². The number of nitrogens with one attached hydrogen (secondary N) is 1. The Labute approximate surface area is 151 Å². The molecule has 132 valence electrons. The van der Waals surface area contributed by atoms with Gasteiger partial charge in [0.2, 0.25) is 5.91 Å². The van der Waals surface area contributed by atoms with Gasteiger partial charge in [0.05, 0.1) is 5.56 Å². The van der Waals surface area contributed by atoms with E-state index in [0.29, 0.717) is 24.5 Å². The summed E-state index contributed by atoms with van der Waals surface area (Å²) >= 11 is 5.95. The maximum Gasteiger partial charge on any atom is 0.254 e. The molecule has 0 unspecified atom stereocenters. The summed E-state index contributed by atoms with van der Waals surface area (Å²) < 4.78 is 13.6. The SMILES string of the molecule is CC(=O)N(CCNC(=O)c1ccccc1F)CCc1cccc(Cl)c1. The molecule has 4 nitrogen and oxygen atoms in total. The molecule has 2 aromatic rings. The molecule has 2 amide bonds. The zero-order valence-electron chi connectivity index (χ0n) is 14.0. The molecular weight excluding hydrogens is 343 g/mol. The number of carbonyl (C=O) groups excluding carboxylic acids is 2. The predicted molar refractivity (Wildman–Crippen MR) is 96.1 cm³/mol. The molecule has 0 aliphatic heterocycles. The van der Waals surface area contributed by atoms with Crippen molar-refractivity contribution in [2.75, 3.05) is 19.6 Å². The molecule has 0 fully saturated rings. The van der Waals surface area contributed by atoms with Gasteiger partial charge in [0.15, 0.2) is 0 Å². The Bertz CT molecular complexity index is 752. The lowest BCUT2D eigenvalue weighted by Gasteiger charge is -2.21. The van der Waals surface area contributed by atoms with Crippen LogP contribution in [0.1, 0.15) is 22.8 Å². The van der Waals surface area contributed by atoms with Crippen LogP contribution in [0.15, 0.2) is 48.5 Å². The Morgan fingerprint density at radius 3 is 2.56 bits per heavy atom. The van der Waals surface area contributed by atoms with Gasteiger partial charge in [0.1, 0.15) is 5.82 Å². The number of hydrogen-bond acceptors (Lipinski definition) is 2. The van der Waals surface area contributed by atoms with Crippen molar-refractivity contribution in [3.63, 3.8) is 0 Å². The highest BCUT2D eigenvalue weighted by Crippen LogP contribution is 2.11. The fourth-order valence-electron chi connectivity index (χ4n) is 2.43. The minimum absolute atomic E-state index is 0.00389. The first-order valence-electron chi connectivity index (χ1n) is 8.00. The van der Waals surface area contributed by atoms with Crippen molar-refractivity contribution in [2.45, 2.75) is 13.3 Å². The number of rotatable bonds is 7. The van der Waals surface area contributed by atoms with Crippen LogP contribution in [0, 0.1) is 5.82 Å². The van der Waals surface area contributed by atoms with Crippen molar-refractivity contribution in [1.29, 1.82) is 0 Å². The normalized spacial score (nSPS) is 10.4. The summed E-state index contributed by atoms with van der Waals surface area (Å²) in [5.74, 6) is -1.14. The summed E-state index contributed by atoms with van der Waals surface area (Å²) in [6.07, 6.45) is 0.668. The highest BCUT2D eigenvalue weighted by Gasteiger charge is 2.12. The van der Waals surface area contributed by atoms with Crippen molar-refractivity contribution >= 4 is 23.4 Å². The van der Waals surface area contributed by atoms with E-state index >= 15 is 0 Å². The van der Waals surface area contributed by atoms with Crippen molar-refractivity contribution < 1.29 is 14.0 Å². The van der Waals surface area contributed by atoms with E-state index in [9.17, 15) is 14.0 Å². The maximum absolute atomic E-state index is 13.6. The van der Waals surface area contributed by atoms with Crippen molar-refractivity contribution in [2.24, 2.45) is 0 Å². The lowest BCUT2D eigenvalue weighted by atomic mass is 10.1. The standard InChI is InChI=1S/C19H20ClFN2O2/c1-14(24)23(11-9-15-5-4-6-16(20)13-15)12-10-22-19(25)17-7-2-3-8-18(17)21/h2-8,13H,9-12H2,1H3,(H,22,25). The molecule has 1 N–H and O–H groups in total. The number of carbonyl (C=O) groups is 2. The van der Waals surface area contributed by atoms with Gasteiger partial charge >= 0.3 is 0 Å². The third-order valence-electron chi connectivity index (χ3n) is 3.79. The van der Waals surface area contributed by atoms with E-state index in [-0.39, 0.29) is 18.0 Å². The average Bonchev–Trinajstić information content (AvgIpc) is 2.58. The zero-order valence-corrected chi connectivity index (χ0v) is 14.7. The van der Waals surface area contributed by atoms with Gasteiger partial charge in [0, 0.05) is 31.6 Å². The molecule has 0 bridgehead atoms. The van der Waals surface area contributed by atoms with Gasteiger partial charge in [-0.15, -0.1) is 0 Å². The molecule has 0 aromatic heterocycles. The van der Waals surface area contributed by atoms with E-state index in [4.69, 9.17) is 11.6 Å². The zero-order chi connectivity index (χ0) is 18.2. The molecule has 0 radical (unpaired) electrons. The van der Waals surface area contributed by atoms with E-state index in [1.807, 2.05) is 18.2 Å². The third kappa shape index (κ3) is 5.87. The van der Waals surface area contributed by atoms with Gasteiger partial charge in [-0.25, -0.2) is 4.39 Å². The smallest absolute Gasteiger partial charge is 0.254 e. The quantitative estimate of drug-likeness (QED) is 0.821. The van der Waals surface area contributed by atoms with Crippen LogP contribution in [0.3, 0.4) is 0 Å². The molecule has 25 heavy (non-hydrogen) atoms. The Hall–Kier alpha value is -2.40. The minimum Gasteiger partial charge on any atom is -0.350 e. The average molecular weight is 363 g/mol. The first-order chi connectivity index (χ1) is 12.0. The molecule has 0 atom stereocenters. The van der Waals surface area contributed by atoms with Gasteiger partial charge in [-0.2, -0.15) is 0 Å². The summed E-state index contributed by atoms with van der Waals surface area (Å²) in [4.78, 5) is 25.4. The van der Waals surface area contributed by atoms with Gasteiger partial charge in [0.25, 0.3) is 5.91 Å². The molecule has 6 heteroatoms. The second kappa shape index (κ2) is 9.18. The fourth-order valence-corrected chi connectivity index (χ4v) is 2.64. The van der Waals surface area contributed by atoms with E-state index in [0.717, 1.165) is 5.56 Å². The molecule has 0 aliphatic rings. The number of hydrogen-bond donors (Lipinski definition) is 1. The molecule has 0 spiro atoms. The summed E-state index contributed by atoms with van der Waals surface area (Å²) in [6, 6.07) is 13.3. The topological polar surface area (TPSA) is 49.4 Å². The number of benzene rings is 2. The fraction of sp³-hybridized carbons (Fsp3) is 0.263. The van der Waals surface area contributed by atoms with Crippen molar-refractivity contribution in [3.8, 4) is 0 Å². The van der Waals surface area contributed by atoms with E-state index in [2.05, 4.69) is 5.32 Å². The Balaban J connectivity index is 1.84. The molecule has 2 aromatic carbocycles. The van der Waals surface area contributed by atoms with Crippen LogP contribution in [-0.2, 0) is 11.2 Å². The van der Waals surface area contributed by atoms with E-state index in [1.165, 1.54) is 25.1 Å². The van der Waals surface area contributed by atoms with Crippen LogP contribution in [0.5, 0.6) is 0 Å². The molecule has 0 heterocycles. The largest absolute Gasteiger partial charge is 0.350 e. The van der Waals surface area contributed by atoms with E-state index in [1.54, 1.807) is 17.0 Å². The van der Waals surface area contributed by atoms with Crippen LogP contribution in [0.4, 0.5) is 4.39 Å². The molecule has 0 saturated carbocycles. The van der Waals surface area contributed by atoms with Crippen LogP contribution in [-0.4, -0.2) is 36.3 Å². The highest BCUT2D eigenvalue weighted by atomic mass is 35.5. The van der Waals surface area contributed by atoms with Gasteiger partial charge in [-0.05, 0) is 36.2 Å². The number of amides is 2. The third-order valence-corrected chi connectivity index (χ3v) is 4.03. The number of halogens is 2. The van der Waals surface area contributed by atoms with Crippen LogP contribution < -0.4 is 5.32 Å². The minimum atomic E-state index is -0.565. The van der Waals surface area contributed by atoms with Crippen LogP contribution >= 0.6 is 11.6 Å².